The molecular weight excluding hydrogens is 412 g/mol. The van der Waals surface area contributed by atoms with Crippen LogP contribution in [0.5, 0.6) is 5.75 Å². The Balaban J connectivity index is 1.84. The van der Waals surface area contributed by atoms with E-state index in [2.05, 4.69) is 16.3 Å². The Morgan fingerprint density at radius 2 is 1.82 bits per heavy atom. The molecule has 3 aromatic carbocycles. The number of aromatic nitrogens is 1. The zero-order valence-electron chi connectivity index (χ0n) is 14.8. The molecule has 0 amide bonds. The first kappa shape index (κ1) is 18.8. The number of aromatic hydroxyl groups is 1. The molecule has 142 valence electrons. The van der Waals surface area contributed by atoms with Crippen molar-refractivity contribution in [3.63, 3.8) is 0 Å². The predicted octanol–water partition coefficient (Wildman–Crippen LogP) is 5.58. The smallest absolute Gasteiger partial charge is 0.257 e. The normalized spacial score (nSPS) is 11.8. The number of thiazole rings is 1. The first-order valence-corrected chi connectivity index (χ1v) is 11.4. The van der Waals surface area contributed by atoms with Crippen LogP contribution in [0.3, 0.4) is 0 Å². The minimum Gasteiger partial charge on any atom is -0.506 e. The summed E-state index contributed by atoms with van der Waals surface area (Å²) in [6, 6.07) is 16.5. The first-order valence-electron chi connectivity index (χ1n) is 8.31. The van der Waals surface area contributed by atoms with Gasteiger partial charge >= 0.3 is 0 Å². The first-order chi connectivity index (χ1) is 13.3. The summed E-state index contributed by atoms with van der Waals surface area (Å²) in [6.07, 6.45) is 0. The summed E-state index contributed by atoms with van der Waals surface area (Å²) < 4.78 is 29.0. The number of anilines is 1. The van der Waals surface area contributed by atoms with Crippen molar-refractivity contribution >= 4 is 59.8 Å². The number of benzene rings is 3. The second-order valence-electron chi connectivity index (χ2n) is 6.17. The number of para-hydroxylation sites is 1. The lowest BCUT2D eigenvalue weighted by Gasteiger charge is -2.14. The fraction of sp³-hybridized carbons (Fsp3) is 0.0500. The van der Waals surface area contributed by atoms with Gasteiger partial charge in [0.05, 0.1) is 25.7 Å². The third kappa shape index (κ3) is 3.46. The summed E-state index contributed by atoms with van der Waals surface area (Å²) in [5.74, 6) is 0.0955. The maximum absolute atomic E-state index is 12.3. The van der Waals surface area contributed by atoms with Crippen molar-refractivity contribution in [3.8, 4) is 5.75 Å². The van der Waals surface area contributed by atoms with Gasteiger partial charge in [-0.05, 0) is 25.1 Å². The average molecular weight is 429 g/mol. The standard InChI is InChI=1S/C20H16N2O3S3/c1-12(2)28(24,25)22-16-11-18(19(23)14-8-4-3-7-13(14)16)27-20-21-15-9-5-6-10-17(15)26-20/h3-11,22-23H,1H2,2H3. The fourth-order valence-corrected chi connectivity index (χ4v) is 5.47. The summed E-state index contributed by atoms with van der Waals surface area (Å²) in [4.78, 5) is 5.12. The van der Waals surface area contributed by atoms with Crippen LogP contribution in [0.4, 0.5) is 5.69 Å². The number of hydrogen-bond donors (Lipinski definition) is 2. The Kier molecular flexibility index (Phi) is 4.78. The van der Waals surface area contributed by atoms with Crippen molar-refractivity contribution in [3.05, 3.63) is 66.1 Å². The maximum atomic E-state index is 12.3. The summed E-state index contributed by atoms with van der Waals surface area (Å²) >= 11 is 2.82. The zero-order chi connectivity index (χ0) is 19.9. The van der Waals surface area contributed by atoms with Crippen LogP contribution in [-0.2, 0) is 10.0 Å². The monoisotopic (exact) mass is 428 g/mol. The van der Waals surface area contributed by atoms with Gasteiger partial charge in [-0.1, -0.05) is 54.7 Å². The van der Waals surface area contributed by atoms with Gasteiger partial charge in [-0.25, -0.2) is 13.4 Å². The number of nitrogens with one attached hydrogen (secondary N) is 1. The molecule has 0 spiro atoms. The van der Waals surface area contributed by atoms with Crippen molar-refractivity contribution in [2.75, 3.05) is 4.72 Å². The van der Waals surface area contributed by atoms with Crippen LogP contribution >= 0.6 is 23.1 Å². The van der Waals surface area contributed by atoms with Crippen molar-refractivity contribution < 1.29 is 13.5 Å². The molecule has 0 aliphatic heterocycles. The van der Waals surface area contributed by atoms with Gasteiger partial charge < -0.3 is 5.11 Å². The maximum Gasteiger partial charge on any atom is 0.257 e. The van der Waals surface area contributed by atoms with Gasteiger partial charge in [-0.3, -0.25) is 4.72 Å². The van der Waals surface area contributed by atoms with E-state index in [1.807, 2.05) is 24.3 Å². The summed E-state index contributed by atoms with van der Waals surface area (Å²) in [5.41, 5.74) is 1.28. The zero-order valence-corrected chi connectivity index (χ0v) is 17.3. The molecule has 0 fully saturated rings. The van der Waals surface area contributed by atoms with E-state index in [0.29, 0.717) is 21.4 Å². The quantitative estimate of drug-likeness (QED) is 0.406. The van der Waals surface area contributed by atoms with Crippen LogP contribution in [0.15, 0.2) is 75.3 Å². The summed E-state index contributed by atoms with van der Waals surface area (Å²) in [6.45, 7) is 4.95. The Morgan fingerprint density at radius 3 is 2.54 bits per heavy atom. The molecule has 1 aromatic heterocycles. The molecule has 0 saturated heterocycles. The molecule has 0 aliphatic rings. The second kappa shape index (κ2) is 7.12. The highest BCUT2D eigenvalue weighted by atomic mass is 32.2. The molecule has 8 heteroatoms. The molecule has 0 radical (unpaired) electrons. The fourth-order valence-electron chi connectivity index (χ4n) is 2.72. The van der Waals surface area contributed by atoms with Crippen molar-refractivity contribution in [2.24, 2.45) is 0 Å². The van der Waals surface area contributed by atoms with Crippen molar-refractivity contribution in [2.45, 2.75) is 16.2 Å². The minimum absolute atomic E-state index is 0.0185. The van der Waals surface area contributed by atoms with Gasteiger partial charge in [0.25, 0.3) is 10.0 Å². The molecule has 1 heterocycles. The van der Waals surface area contributed by atoms with Gasteiger partial charge in [0.15, 0.2) is 4.34 Å². The van der Waals surface area contributed by atoms with Crippen molar-refractivity contribution in [1.29, 1.82) is 0 Å². The molecule has 4 rings (SSSR count). The topological polar surface area (TPSA) is 79.3 Å². The van der Waals surface area contributed by atoms with Crippen LogP contribution in [0, 0.1) is 0 Å². The predicted molar refractivity (Wildman–Crippen MR) is 117 cm³/mol. The lowest BCUT2D eigenvalue weighted by atomic mass is 10.1. The van der Waals surface area contributed by atoms with E-state index < -0.39 is 10.0 Å². The molecule has 0 aliphatic carbocycles. The number of allylic oxidation sites excluding steroid dienone is 1. The van der Waals surface area contributed by atoms with E-state index in [1.165, 1.54) is 30.0 Å². The van der Waals surface area contributed by atoms with Gasteiger partial charge in [0, 0.05) is 10.8 Å². The molecule has 4 aromatic rings. The highest BCUT2D eigenvalue weighted by molar-refractivity contribution is 8.01. The van der Waals surface area contributed by atoms with Gasteiger partial charge in [0.2, 0.25) is 0 Å². The SMILES string of the molecule is C=C(C)S(=O)(=O)Nc1cc(Sc2nc3ccccc3s2)c(O)c2ccccc12. The molecule has 5 nitrogen and oxygen atoms in total. The van der Waals surface area contributed by atoms with E-state index in [1.54, 1.807) is 30.3 Å². The van der Waals surface area contributed by atoms with Crippen LogP contribution in [0.1, 0.15) is 6.92 Å². The van der Waals surface area contributed by atoms with Gasteiger partial charge in [-0.15, -0.1) is 11.3 Å². The molecular formula is C20H16N2O3S3. The Hall–Kier alpha value is -2.55. The van der Waals surface area contributed by atoms with E-state index in [-0.39, 0.29) is 10.7 Å². The number of nitrogens with zero attached hydrogens (tertiary/aromatic N) is 1. The Bertz CT molecular complexity index is 1290. The van der Waals surface area contributed by atoms with E-state index in [0.717, 1.165) is 14.6 Å². The Labute approximate surface area is 170 Å². The minimum atomic E-state index is -3.71. The van der Waals surface area contributed by atoms with Crippen LogP contribution < -0.4 is 4.72 Å². The number of phenolic OH excluding ortho intramolecular Hbond substituents is 1. The third-order valence-electron chi connectivity index (χ3n) is 4.16. The molecule has 0 unspecified atom stereocenters. The lowest BCUT2D eigenvalue weighted by Crippen LogP contribution is -2.13. The summed E-state index contributed by atoms with van der Waals surface area (Å²) in [7, 11) is -3.71. The number of hydrogen-bond acceptors (Lipinski definition) is 6. The van der Waals surface area contributed by atoms with E-state index >= 15 is 0 Å². The van der Waals surface area contributed by atoms with Crippen LogP contribution in [-0.4, -0.2) is 18.5 Å². The van der Waals surface area contributed by atoms with E-state index in [9.17, 15) is 13.5 Å². The van der Waals surface area contributed by atoms with Gasteiger partial charge in [-0.2, -0.15) is 0 Å². The Morgan fingerprint density at radius 1 is 1.14 bits per heavy atom. The number of sulfonamides is 1. The summed E-state index contributed by atoms with van der Waals surface area (Å²) in [5, 5.41) is 12.0. The van der Waals surface area contributed by atoms with Crippen LogP contribution in [0.2, 0.25) is 0 Å². The highest BCUT2D eigenvalue weighted by Gasteiger charge is 2.18. The van der Waals surface area contributed by atoms with Crippen LogP contribution in [0.25, 0.3) is 21.0 Å². The molecule has 0 saturated carbocycles. The number of phenols is 1. The van der Waals surface area contributed by atoms with Crippen molar-refractivity contribution in [1.82, 2.24) is 4.98 Å². The second-order valence-corrected chi connectivity index (χ2v) is 10.4. The molecule has 0 bridgehead atoms. The number of fused-ring (bicyclic) bond motifs is 2. The average Bonchev–Trinajstić information content (AvgIpc) is 3.07. The highest BCUT2D eigenvalue weighted by Crippen LogP contribution is 2.44. The number of rotatable bonds is 5. The third-order valence-corrected chi connectivity index (χ3v) is 7.69. The van der Waals surface area contributed by atoms with E-state index in [4.69, 9.17) is 0 Å². The lowest BCUT2D eigenvalue weighted by molar-refractivity contribution is 0.469. The van der Waals surface area contributed by atoms with Gasteiger partial charge in [0.1, 0.15) is 5.75 Å². The molecule has 2 N–H and O–H groups in total. The molecule has 28 heavy (non-hydrogen) atoms. The largest absolute Gasteiger partial charge is 0.506 e. The molecule has 0 atom stereocenters.